The van der Waals surface area contributed by atoms with E-state index >= 15 is 0 Å². The molecule has 0 unspecified atom stereocenters. The van der Waals surface area contributed by atoms with Gasteiger partial charge in [-0.05, 0) is 31.2 Å². The van der Waals surface area contributed by atoms with Gasteiger partial charge in [0.2, 0.25) is 0 Å². The lowest BCUT2D eigenvalue weighted by atomic mass is 10.1. The lowest BCUT2D eigenvalue weighted by Crippen LogP contribution is -2.06. The summed E-state index contributed by atoms with van der Waals surface area (Å²) in [5.41, 5.74) is 5.58. The molecule has 5 rings (SSSR count). The van der Waals surface area contributed by atoms with E-state index in [1.165, 1.54) is 5.69 Å². The van der Waals surface area contributed by atoms with Crippen LogP contribution in [0, 0.1) is 6.92 Å². The number of imidazole rings is 1. The second-order valence-corrected chi connectivity index (χ2v) is 6.46. The van der Waals surface area contributed by atoms with Gasteiger partial charge in [-0.25, -0.2) is 14.6 Å². The number of aromatic nitrogens is 6. The van der Waals surface area contributed by atoms with Gasteiger partial charge in [0.25, 0.3) is 0 Å². The van der Waals surface area contributed by atoms with E-state index in [2.05, 4.69) is 38.4 Å². The lowest BCUT2D eigenvalue weighted by Gasteiger charge is -2.07. The van der Waals surface area contributed by atoms with E-state index in [-0.39, 0.29) is 0 Å². The highest BCUT2D eigenvalue weighted by Crippen LogP contribution is 2.31. The number of fused-ring (bicyclic) bond motifs is 5. The molecule has 1 aliphatic heterocycles. The molecule has 0 saturated carbocycles. The Morgan fingerprint density at radius 3 is 2.84 bits per heavy atom. The predicted molar refractivity (Wildman–Crippen MR) is 94.6 cm³/mol. The molecule has 0 fully saturated rings. The van der Waals surface area contributed by atoms with Gasteiger partial charge in [0.15, 0.2) is 11.6 Å². The van der Waals surface area contributed by atoms with Gasteiger partial charge in [0.1, 0.15) is 0 Å². The van der Waals surface area contributed by atoms with Crippen LogP contribution in [0.1, 0.15) is 22.9 Å². The van der Waals surface area contributed by atoms with Crippen molar-refractivity contribution in [3.8, 4) is 17.1 Å². The summed E-state index contributed by atoms with van der Waals surface area (Å²) in [5.74, 6) is 1.76. The molecule has 0 aliphatic carbocycles. The third-order valence-corrected chi connectivity index (χ3v) is 4.89. The topological polar surface area (TPSA) is 53.5 Å². The summed E-state index contributed by atoms with van der Waals surface area (Å²) in [6.07, 6.45) is 4.66. The van der Waals surface area contributed by atoms with Crippen molar-refractivity contribution >= 4 is 0 Å². The van der Waals surface area contributed by atoms with Crippen molar-refractivity contribution in [2.24, 2.45) is 7.05 Å². The summed E-state index contributed by atoms with van der Waals surface area (Å²) in [6.45, 7) is 2.72. The van der Waals surface area contributed by atoms with Crippen LogP contribution in [0.2, 0.25) is 0 Å². The smallest absolute Gasteiger partial charge is 0.160 e. The molecule has 4 aromatic rings. The molecule has 0 radical (unpaired) electrons. The molecule has 0 saturated heterocycles. The van der Waals surface area contributed by atoms with Crippen LogP contribution in [0.15, 0.2) is 48.9 Å². The molecular weight excluding hydrogens is 312 g/mol. The van der Waals surface area contributed by atoms with Crippen LogP contribution >= 0.6 is 0 Å². The van der Waals surface area contributed by atoms with Crippen molar-refractivity contribution in [1.82, 2.24) is 28.9 Å². The van der Waals surface area contributed by atoms with Gasteiger partial charge in [-0.3, -0.25) is 0 Å². The average Bonchev–Trinajstić information content (AvgIpc) is 3.28. The molecule has 124 valence electrons. The first-order chi connectivity index (χ1) is 12.2. The van der Waals surface area contributed by atoms with Gasteiger partial charge in [-0.1, -0.05) is 12.1 Å². The largest absolute Gasteiger partial charge is 0.354 e. The summed E-state index contributed by atoms with van der Waals surface area (Å²) < 4.78 is 6.27. The van der Waals surface area contributed by atoms with Crippen LogP contribution in [-0.2, 0) is 20.0 Å². The fraction of sp³-hybridized carbons (Fsp3) is 0.211. The maximum atomic E-state index is 4.87. The third kappa shape index (κ3) is 2.14. The minimum absolute atomic E-state index is 0.677. The van der Waals surface area contributed by atoms with E-state index < -0.39 is 0 Å². The summed E-state index contributed by atoms with van der Waals surface area (Å²) in [5, 5.41) is 4.80. The van der Waals surface area contributed by atoms with Gasteiger partial charge in [-0.2, -0.15) is 5.10 Å². The maximum absolute atomic E-state index is 4.87. The summed E-state index contributed by atoms with van der Waals surface area (Å²) >= 11 is 0. The molecule has 0 bridgehead atoms. The Kier molecular flexibility index (Phi) is 2.94. The highest BCUT2D eigenvalue weighted by molar-refractivity contribution is 5.69. The Labute approximate surface area is 145 Å². The fourth-order valence-corrected chi connectivity index (χ4v) is 3.49. The zero-order chi connectivity index (χ0) is 17.0. The van der Waals surface area contributed by atoms with E-state index in [9.17, 15) is 0 Å². The lowest BCUT2D eigenvalue weighted by molar-refractivity contribution is 0.662. The van der Waals surface area contributed by atoms with Crippen molar-refractivity contribution in [2.45, 2.75) is 19.9 Å². The molecule has 0 amide bonds. The highest BCUT2D eigenvalue weighted by Gasteiger charge is 2.23. The normalized spacial score (nSPS) is 12.4. The summed E-state index contributed by atoms with van der Waals surface area (Å²) in [4.78, 5) is 9.35. The number of hydrogen-bond donors (Lipinski definition) is 0. The van der Waals surface area contributed by atoms with E-state index in [4.69, 9.17) is 10.1 Å². The van der Waals surface area contributed by atoms with E-state index in [1.807, 2.05) is 43.3 Å². The number of rotatable bonds is 2. The molecule has 1 aromatic carbocycles. The second kappa shape index (κ2) is 5.17. The molecule has 0 atom stereocenters. The molecule has 0 N–H and O–H groups in total. The zero-order valence-electron chi connectivity index (χ0n) is 14.2. The van der Waals surface area contributed by atoms with Gasteiger partial charge < -0.3 is 9.13 Å². The van der Waals surface area contributed by atoms with E-state index in [0.29, 0.717) is 6.54 Å². The monoisotopic (exact) mass is 330 g/mol. The molecule has 1 aliphatic rings. The number of aryl methyl sites for hydroxylation is 2. The predicted octanol–water partition coefficient (Wildman–Crippen LogP) is 2.73. The van der Waals surface area contributed by atoms with Gasteiger partial charge in [0, 0.05) is 30.9 Å². The quantitative estimate of drug-likeness (QED) is 0.500. The maximum Gasteiger partial charge on any atom is 0.160 e. The van der Waals surface area contributed by atoms with Crippen LogP contribution < -0.4 is 0 Å². The van der Waals surface area contributed by atoms with Crippen molar-refractivity contribution < 1.29 is 0 Å². The van der Waals surface area contributed by atoms with Crippen LogP contribution in [0.4, 0.5) is 0 Å². The van der Waals surface area contributed by atoms with Crippen molar-refractivity contribution in [2.75, 3.05) is 0 Å². The molecular formula is C19H18N6. The second-order valence-electron chi connectivity index (χ2n) is 6.46. The first-order valence-corrected chi connectivity index (χ1v) is 8.37. The molecule has 3 aromatic heterocycles. The summed E-state index contributed by atoms with van der Waals surface area (Å²) in [7, 11) is 2.05. The number of hydrogen-bond acceptors (Lipinski definition) is 3. The molecule has 0 spiro atoms. The molecule has 6 nitrogen and oxygen atoms in total. The van der Waals surface area contributed by atoms with Crippen molar-refractivity contribution in [3.63, 3.8) is 0 Å². The van der Waals surface area contributed by atoms with Gasteiger partial charge in [0.05, 0.1) is 29.9 Å². The Hall–Kier alpha value is -3.15. The number of benzene rings is 1. The Balaban J connectivity index is 1.67. The Morgan fingerprint density at radius 2 is 2.00 bits per heavy atom. The SMILES string of the molecule is Cc1ncn2c1Cn1nc(Cc3cccn3C)nc1-c1ccccc1-2. The molecule has 4 heterocycles. The minimum atomic E-state index is 0.677. The Bertz CT molecular complexity index is 1080. The highest BCUT2D eigenvalue weighted by atomic mass is 15.4. The third-order valence-electron chi connectivity index (χ3n) is 4.89. The number of nitrogens with zero attached hydrogens (tertiary/aromatic N) is 6. The van der Waals surface area contributed by atoms with Crippen LogP contribution in [0.3, 0.4) is 0 Å². The average molecular weight is 330 g/mol. The van der Waals surface area contributed by atoms with Crippen molar-refractivity contribution in [1.29, 1.82) is 0 Å². The van der Waals surface area contributed by atoms with E-state index in [0.717, 1.165) is 40.7 Å². The first-order valence-electron chi connectivity index (χ1n) is 8.37. The van der Waals surface area contributed by atoms with Crippen molar-refractivity contribution in [3.05, 3.63) is 71.8 Å². The molecule has 25 heavy (non-hydrogen) atoms. The van der Waals surface area contributed by atoms with Gasteiger partial charge in [-0.15, -0.1) is 0 Å². The standard InChI is InChI=1S/C19H18N6/c1-13-17-11-25-19(15-7-3-4-8-16(15)24(17)12-20-13)21-18(22-25)10-14-6-5-9-23(14)2/h3-9,12H,10-11H2,1-2H3. The van der Waals surface area contributed by atoms with Crippen LogP contribution in [-0.4, -0.2) is 28.9 Å². The van der Waals surface area contributed by atoms with E-state index in [1.54, 1.807) is 0 Å². The van der Waals surface area contributed by atoms with Crippen LogP contribution in [0.5, 0.6) is 0 Å². The number of para-hydroxylation sites is 1. The first kappa shape index (κ1) is 14.2. The summed E-state index contributed by atoms with van der Waals surface area (Å²) in [6, 6.07) is 12.5. The Morgan fingerprint density at radius 1 is 1.12 bits per heavy atom. The van der Waals surface area contributed by atoms with Crippen LogP contribution in [0.25, 0.3) is 17.1 Å². The van der Waals surface area contributed by atoms with Gasteiger partial charge >= 0.3 is 0 Å². The fourth-order valence-electron chi connectivity index (χ4n) is 3.49. The molecule has 6 heteroatoms. The minimum Gasteiger partial charge on any atom is -0.354 e. The zero-order valence-corrected chi connectivity index (χ0v) is 14.2.